The van der Waals surface area contributed by atoms with Crippen molar-refractivity contribution in [3.05, 3.63) is 28.8 Å². The number of amides is 2. The molecular weight excluding hydrogens is 346 g/mol. The van der Waals surface area contributed by atoms with Gasteiger partial charge in [-0.25, -0.2) is 4.79 Å². The summed E-state index contributed by atoms with van der Waals surface area (Å²) >= 11 is 6.08. The van der Waals surface area contributed by atoms with E-state index in [1.54, 1.807) is 0 Å². The quantitative estimate of drug-likeness (QED) is 0.846. The van der Waals surface area contributed by atoms with Crippen molar-refractivity contribution in [1.82, 2.24) is 10.2 Å². The zero-order valence-electron chi connectivity index (χ0n) is 15.6. The summed E-state index contributed by atoms with van der Waals surface area (Å²) in [4.78, 5) is 17.3. The molecule has 1 saturated carbocycles. The lowest BCUT2D eigenvalue weighted by atomic mass is 9.88. The minimum atomic E-state index is 0.0515. The van der Waals surface area contributed by atoms with Crippen LogP contribution in [0.2, 0.25) is 5.02 Å². The summed E-state index contributed by atoms with van der Waals surface area (Å²) < 4.78 is 0. The van der Waals surface area contributed by atoms with Crippen LogP contribution in [0.15, 0.2) is 18.2 Å². The van der Waals surface area contributed by atoms with E-state index < -0.39 is 0 Å². The Morgan fingerprint density at radius 2 is 1.96 bits per heavy atom. The molecule has 1 aromatic rings. The third-order valence-electron chi connectivity index (χ3n) is 6.26. The molecule has 2 amide bonds. The Morgan fingerprint density at radius 3 is 2.81 bits per heavy atom. The smallest absolute Gasteiger partial charge is 0.322 e. The standard InChI is InChI=1S/C21H30ClN3O/c22-18-8-9-20-17(13-18)10-12-25(20)21(26)23-19-7-4-11-24(15-19)14-16-5-2-1-3-6-16/h8-9,13,16,19H,1-7,10-12,14-15H2,(H,23,26). The first-order chi connectivity index (χ1) is 12.7. The highest BCUT2D eigenvalue weighted by molar-refractivity contribution is 6.30. The summed E-state index contributed by atoms with van der Waals surface area (Å²) in [5, 5.41) is 4.04. The minimum Gasteiger partial charge on any atom is -0.334 e. The number of piperidine rings is 1. The minimum absolute atomic E-state index is 0.0515. The Kier molecular flexibility index (Phi) is 5.70. The van der Waals surface area contributed by atoms with Crippen LogP contribution in [-0.2, 0) is 6.42 Å². The maximum absolute atomic E-state index is 12.8. The number of nitrogens with zero attached hydrogens (tertiary/aromatic N) is 2. The van der Waals surface area contributed by atoms with Gasteiger partial charge in [-0.3, -0.25) is 4.90 Å². The van der Waals surface area contributed by atoms with E-state index in [0.717, 1.165) is 42.6 Å². The van der Waals surface area contributed by atoms with Gasteiger partial charge >= 0.3 is 6.03 Å². The van der Waals surface area contributed by atoms with Gasteiger partial charge in [-0.2, -0.15) is 0 Å². The number of fused-ring (bicyclic) bond motifs is 1. The maximum atomic E-state index is 12.8. The predicted molar refractivity (Wildman–Crippen MR) is 107 cm³/mol. The summed E-state index contributed by atoms with van der Waals surface area (Å²) in [5.41, 5.74) is 2.19. The molecular formula is C21H30ClN3O. The topological polar surface area (TPSA) is 35.6 Å². The van der Waals surface area contributed by atoms with Gasteiger partial charge in [0, 0.05) is 36.4 Å². The molecule has 1 atom stereocenters. The fraction of sp³-hybridized carbons (Fsp3) is 0.667. The van der Waals surface area contributed by atoms with Crippen LogP contribution in [0, 0.1) is 5.92 Å². The lowest BCUT2D eigenvalue weighted by molar-refractivity contribution is 0.151. The molecule has 1 aliphatic carbocycles. The van der Waals surface area contributed by atoms with Gasteiger partial charge in [0.05, 0.1) is 0 Å². The van der Waals surface area contributed by atoms with Gasteiger partial charge in [0.2, 0.25) is 0 Å². The van der Waals surface area contributed by atoms with Gasteiger partial charge in [-0.15, -0.1) is 0 Å². The fourth-order valence-electron chi connectivity index (χ4n) is 4.91. The summed E-state index contributed by atoms with van der Waals surface area (Å²) in [6.45, 7) is 4.16. The number of anilines is 1. The van der Waals surface area contributed by atoms with Crippen molar-refractivity contribution < 1.29 is 4.79 Å². The van der Waals surface area contributed by atoms with E-state index in [1.165, 1.54) is 57.2 Å². The molecule has 1 N–H and O–H groups in total. The number of likely N-dealkylation sites (tertiary alicyclic amines) is 1. The number of carbonyl (C=O) groups excluding carboxylic acids is 1. The summed E-state index contributed by atoms with van der Waals surface area (Å²) in [6.07, 6.45) is 10.2. The molecule has 1 aromatic carbocycles. The molecule has 26 heavy (non-hydrogen) atoms. The zero-order chi connectivity index (χ0) is 17.9. The number of urea groups is 1. The molecule has 1 saturated heterocycles. The summed E-state index contributed by atoms with van der Waals surface area (Å²) in [6, 6.07) is 6.15. The molecule has 0 spiro atoms. The Morgan fingerprint density at radius 1 is 1.12 bits per heavy atom. The van der Waals surface area contributed by atoms with E-state index in [-0.39, 0.29) is 12.1 Å². The van der Waals surface area contributed by atoms with Gasteiger partial charge in [0.1, 0.15) is 0 Å². The van der Waals surface area contributed by atoms with E-state index in [0.29, 0.717) is 0 Å². The molecule has 2 heterocycles. The van der Waals surface area contributed by atoms with Crippen molar-refractivity contribution in [2.24, 2.45) is 5.92 Å². The molecule has 4 rings (SSSR count). The Hall–Kier alpha value is -1.26. The molecule has 0 radical (unpaired) electrons. The third-order valence-corrected chi connectivity index (χ3v) is 6.49. The average molecular weight is 376 g/mol. The van der Waals surface area contributed by atoms with E-state index in [2.05, 4.69) is 10.2 Å². The number of hydrogen-bond donors (Lipinski definition) is 1. The molecule has 3 aliphatic rings. The van der Waals surface area contributed by atoms with Crippen LogP contribution in [0.4, 0.5) is 10.5 Å². The van der Waals surface area contributed by atoms with Crippen LogP contribution >= 0.6 is 11.6 Å². The monoisotopic (exact) mass is 375 g/mol. The molecule has 4 nitrogen and oxygen atoms in total. The second-order valence-electron chi connectivity index (χ2n) is 8.23. The van der Waals surface area contributed by atoms with Crippen molar-refractivity contribution in [2.45, 2.75) is 57.4 Å². The number of carbonyl (C=O) groups is 1. The third kappa shape index (κ3) is 4.17. The molecule has 1 unspecified atom stereocenters. The fourth-order valence-corrected chi connectivity index (χ4v) is 5.10. The van der Waals surface area contributed by atoms with Crippen molar-refractivity contribution in [1.29, 1.82) is 0 Å². The van der Waals surface area contributed by atoms with Crippen LogP contribution in [-0.4, -0.2) is 43.2 Å². The zero-order valence-corrected chi connectivity index (χ0v) is 16.3. The second kappa shape index (κ2) is 8.18. The summed E-state index contributed by atoms with van der Waals surface area (Å²) in [7, 11) is 0. The molecule has 142 valence electrons. The lowest BCUT2D eigenvalue weighted by Gasteiger charge is -2.36. The van der Waals surface area contributed by atoms with Crippen molar-refractivity contribution in [3.63, 3.8) is 0 Å². The average Bonchev–Trinajstić information content (AvgIpc) is 3.06. The normalized spacial score (nSPS) is 24.5. The van der Waals surface area contributed by atoms with E-state index in [9.17, 15) is 4.79 Å². The van der Waals surface area contributed by atoms with Crippen LogP contribution in [0.1, 0.15) is 50.5 Å². The Labute approximate surface area is 161 Å². The SMILES string of the molecule is O=C(NC1CCCN(CC2CCCCC2)C1)N1CCc2cc(Cl)ccc21. The van der Waals surface area contributed by atoms with Crippen molar-refractivity contribution in [2.75, 3.05) is 31.1 Å². The van der Waals surface area contributed by atoms with Gasteiger partial charge in [-0.05, 0) is 68.3 Å². The highest BCUT2D eigenvalue weighted by Gasteiger charge is 2.29. The number of rotatable bonds is 3. The van der Waals surface area contributed by atoms with Crippen LogP contribution in [0.25, 0.3) is 0 Å². The Bertz CT molecular complexity index is 644. The van der Waals surface area contributed by atoms with E-state index in [4.69, 9.17) is 11.6 Å². The van der Waals surface area contributed by atoms with E-state index >= 15 is 0 Å². The van der Waals surface area contributed by atoms with E-state index in [1.807, 2.05) is 23.1 Å². The van der Waals surface area contributed by atoms with Crippen LogP contribution < -0.4 is 10.2 Å². The van der Waals surface area contributed by atoms with Gasteiger partial charge in [0.15, 0.2) is 0 Å². The molecule has 0 aromatic heterocycles. The molecule has 0 bridgehead atoms. The Balaban J connectivity index is 1.32. The number of hydrogen-bond acceptors (Lipinski definition) is 2. The molecule has 2 fully saturated rings. The first kappa shape index (κ1) is 18.1. The van der Waals surface area contributed by atoms with Crippen molar-refractivity contribution in [3.8, 4) is 0 Å². The largest absolute Gasteiger partial charge is 0.334 e. The highest BCUT2D eigenvalue weighted by atomic mass is 35.5. The second-order valence-corrected chi connectivity index (χ2v) is 8.66. The van der Waals surface area contributed by atoms with Gasteiger partial charge in [0.25, 0.3) is 0 Å². The number of benzene rings is 1. The van der Waals surface area contributed by atoms with Gasteiger partial charge in [-0.1, -0.05) is 30.9 Å². The first-order valence-electron chi connectivity index (χ1n) is 10.3. The summed E-state index contributed by atoms with van der Waals surface area (Å²) in [5.74, 6) is 0.869. The highest BCUT2D eigenvalue weighted by Crippen LogP contribution is 2.30. The predicted octanol–water partition coefficient (Wildman–Crippen LogP) is 4.46. The maximum Gasteiger partial charge on any atom is 0.322 e. The first-order valence-corrected chi connectivity index (χ1v) is 10.7. The molecule has 5 heteroatoms. The lowest BCUT2D eigenvalue weighted by Crippen LogP contribution is -2.52. The number of halogens is 1. The van der Waals surface area contributed by atoms with Crippen molar-refractivity contribution >= 4 is 23.3 Å². The molecule has 2 aliphatic heterocycles. The number of nitrogens with one attached hydrogen (secondary N) is 1. The van der Waals surface area contributed by atoms with Gasteiger partial charge < -0.3 is 10.2 Å². The van der Waals surface area contributed by atoms with Crippen LogP contribution in [0.3, 0.4) is 0 Å². The van der Waals surface area contributed by atoms with Crippen LogP contribution in [0.5, 0.6) is 0 Å².